The van der Waals surface area contributed by atoms with Crippen molar-refractivity contribution in [2.45, 2.75) is 25.8 Å². The van der Waals surface area contributed by atoms with E-state index in [9.17, 15) is 19.8 Å². The zero-order chi connectivity index (χ0) is 15.4. The van der Waals surface area contributed by atoms with Crippen molar-refractivity contribution in [1.29, 1.82) is 0 Å². The molecule has 0 aromatic heterocycles. The van der Waals surface area contributed by atoms with Gasteiger partial charge in [-0.25, -0.2) is 4.79 Å². The smallest absolute Gasteiger partial charge is 0.320 e. The molecule has 7 heteroatoms. The maximum atomic E-state index is 12.7. The van der Waals surface area contributed by atoms with Crippen LogP contribution in [0.5, 0.6) is 0 Å². The molecule has 2 fully saturated rings. The van der Waals surface area contributed by atoms with Gasteiger partial charge < -0.3 is 24.7 Å². The van der Waals surface area contributed by atoms with Gasteiger partial charge in [-0.1, -0.05) is 6.92 Å². The number of hydrogen-bond acceptors (Lipinski definition) is 4. The van der Waals surface area contributed by atoms with Gasteiger partial charge in [0.05, 0.1) is 19.3 Å². The van der Waals surface area contributed by atoms with Crippen molar-refractivity contribution >= 4 is 12.0 Å². The second-order valence-corrected chi connectivity index (χ2v) is 5.81. The number of aliphatic hydroxyl groups is 1. The van der Waals surface area contributed by atoms with Crippen molar-refractivity contribution < 1.29 is 24.5 Å². The Kier molecular flexibility index (Phi) is 5.41. The number of aliphatic carboxylic acids is 1. The summed E-state index contributed by atoms with van der Waals surface area (Å²) in [5.41, 5.74) is 0. The van der Waals surface area contributed by atoms with Crippen LogP contribution in [-0.4, -0.2) is 77.5 Å². The number of carboxylic acids is 1. The molecular weight excluding hydrogens is 276 g/mol. The number of amides is 2. The molecule has 2 N–H and O–H groups in total. The molecule has 0 aliphatic carbocycles. The minimum atomic E-state index is -0.916. The summed E-state index contributed by atoms with van der Waals surface area (Å²) in [5, 5.41) is 18.4. The van der Waals surface area contributed by atoms with Gasteiger partial charge in [-0.3, -0.25) is 4.79 Å². The van der Waals surface area contributed by atoms with E-state index in [0.717, 1.165) is 12.8 Å². The first-order valence-electron chi connectivity index (χ1n) is 7.55. The molecule has 0 bridgehead atoms. The normalized spacial score (nSPS) is 28.9. The Labute approximate surface area is 124 Å². The maximum Gasteiger partial charge on any atom is 0.320 e. The first kappa shape index (κ1) is 16.0. The van der Waals surface area contributed by atoms with E-state index < -0.39 is 17.9 Å². The Morgan fingerprint density at radius 1 is 1.38 bits per heavy atom. The molecule has 7 nitrogen and oxygen atoms in total. The van der Waals surface area contributed by atoms with Gasteiger partial charge in [-0.2, -0.15) is 0 Å². The lowest BCUT2D eigenvalue weighted by molar-refractivity contribution is -0.142. The molecule has 2 heterocycles. The molecule has 2 aliphatic rings. The van der Waals surface area contributed by atoms with E-state index in [0.29, 0.717) is 19.6 Å². The lowest BCUT2D eigenvalue weighted by atomic mass is 10.0. The Bertz CT molecular complexity index is 390. The molecular formula is C14H24N2O5. The molecule has 120 valence electrons. The van der Waals surface area contributed by atoms with Gasteiger partial charge in [-0.05, 0) is 12.8 Å². The number of carboxylic acid groups (broad SMARTS) is 1. The van der Waals surface area contributed by atoms with Gasteiger partial charge in [0.25, 0.3) is 0 Å². The van der Waals surface area contributed by atoms with Gasteiger partial charge >= 0.3 is 12.0 Å². The van der Waals surface area contributed by atoms with E-state index in [2.05, 4.69) is 0 Å². The summed E-state index contributed by atoms with van der Waals surface area (Å²) >= 11 is 0. The van der Waals surface area contributed by atoms with Gasteiger partial charge in [0.15, 0.2) is 0 Å². The second kappa shape index (κ2) is 7.09. The molecule has 2 aliphatic heterocycles. The van der Waals surface area contributed by atoms with Crippen LogP contribution in [0.4, 0.5) is 4.79 Å². The fraction of sp³-hybridized carbons (Fsp3) is 0.857. The first-order chi connectivity index (χ1) is 10.1. The van der Waals surface area contributed by atoms with Crippen LogP contribution in [0.1, 0.15) is 19.8 Å². The Morgan fingerprint density at radius 3 is 2.71 bits per heavy atom. The largest absolute Gasteiger partial charge is 0.481 e. The molecule has 3 unspecified atom stereocenters. The van der Waals surface area contributed by atoms with Gasteiger partial charge in [0.1, 0.15) is 5.92 Å². The summed E-state index contributed by atoms with van der Waals surface area (Å²) in [5.74, 6) is -1.44. The van der Waals surface area contributed by atoms with Crippen LogP contribution in [0, 0.1) is 11.8 Å². The molecule has 2 amide bonds. The maximum absolute atomic E-state index is 12.7. The number of hydrogen-bond donors (Lipinski definition) is 2. The molecule has 3 atom stereocenters. The van der Waals surface area contributed by atoms with Crippen LogP contribution < -0.4 is 0 Å². The predicted molar refractivity (Wildman–Crippen MR) is 74.9 cm³/mol. The molecule has 0 aromatic rings. The van der Waals surface area contributed by atoms with Crippen molar-refractivity contribution in [3.8, 4) is 0 Å². The van der Waals surface area contributed by atoms with Crippen molar-refractivity contribution in [1.82, 2.24) is 9.80 Å². The summed E-state index contributed by atoms with van der Waals surface area (Å²) in [4.78, 5) is 27.3. The predicted octanol–water partition coefficient (Wildman–Crippen LogP) is 0.232. The molecule has 2 rings (SSSR count). The molecule has 21 heavy (non-hydrogen) atoms. The van der Waals surface area contributed by atoms with Gasteiger partial charge in [0.2, 0.25) is 0 Å². The zero-order valence-electron chi connectivity index (χ0n) is 12.4. The quantitative estimate of drug-likeness (QED) is 0.758. The van der Waals surface area contributed by atoms with Crippen LogP contribution in [0.3, 0.4) is 0 Å². The third-order valence-corrected chi connectivity index (χ3v) is 4.29. The van der Waals surface area contributed by atoms with E-state index in [1.807, 2.05) is 6.92 Å². The van der Waals surface area contributed by atoms with Crippen molar-refractivity contribution in [3.05, 3.63) is 0 Å². The lowest BCUT2D eigenvalue weighted by Crippen LogP contribution is -2.51. The summed E-state index contributed by atoms with van der Waals surface area (Å²) in [7, 11) is 0. The summed E-state index contributed by atoms with van der Waals surface area (Å²) in [6.07, 6.45) is 1.57. The fourth-order valence-corrected chi connectivity index (χ4v) is 3.07. The van der Waals surface area contributed by atoms with Crippen LogP contribution in [0.15, 0.2) is 0 Å². The van der Waals surface area contributed by atoms with Crippen molar-refractivity contribution in [2.75, 3.05) is 39.5 Å². The highest BCUT2D eigenvalue weighted by Crippen LogP contribution is 2.24. The van der Waals surface area contributed by atoms with Crippen LogP contribution in [0.2, 0.25) is 0 Å². The van der Waals surface area contributed by atoms with E-state index in [4.69, 9.17) is 4.74 Å². The SMILES string of the molecule is CCCN(C(=O)N1CCC(CO)C1)C1COCC1C(=O)O. The van der Waals surface area contributed by atoms with Crippen LogP contribution >= 0.6 is 0 Å². The molecule has 0 aromatic carbocycles. The topological polar surface area (TPSA) is 90.3 Å². The third-order valence-electron chi connectivity index (χ3n) is 4.29. The summed E-state index contributed by atoms with van der Waals surface area (Å²) < 4.78 is 5.28. The number of rotatable bonds is 5. The monoisotopic (exact) mass is 300 g/mol. The Morgan fingerprint density at radius 2 is 2.14 bits per heavy atom. The Balaban J connectivity index is 2.07. The fourth-order valence-electron chi connectivity index (χ4n) is 3.07. The van der Waals surface area contributed by atoms with Crippen LogP contribution in [0.25, 0.3) is 0 Å². The molecule has 0 spiro atoms. The first-order valence-corrected chi connectivity index (χ1v) is 7.55. The van der Waals surface area contributed by atoms with Crippen molar-refractivity contribution in [2.24, 2.45) is 11.8 Å². The summed E-state index contributed by atoms with van der Waals surface area (Å²) in [6.45, 7) is 4.17. The van der Waals surface area contributed by atoms with E-state index in [1.165, 1.54) is 0 Å². The number of urea groups is 1. The van der Waals surface area contributed by atoms with E-state index >= 15 is 0 Å². The number of nitrogens with zero attached hydrogens (tertiary/aromatic N) is 2. The second-order valence-electron chi connectivity index (χ2n) is 5.81. The van der Waals surface area contributed by atoms with Gasteiger partial charge in [-0.15, -0.1) is 0 Å². The highest BCUT2D eigenvalue weighted by atomic mass is 16.5. The lowest BCUT2D eigenvalue weighted by Gasteiger charge is -2.33. The van der Waals surface area contributed by atoms with Crippen LogP contribution in [-0.2, 0) is 9.53 Å². The minimum Gasteiger partial charge on any atom is -0.481 e. The summed E-state index contributed by atoms with van der Waals surface area (Å²) in [6, 6.07) is -0.530. The average Bonchev–Trinajstić information content (AvgIpc) is 3.12. The van der Waals surface area contributed by atoms with Gasteiger partial charge in [0, 0.05) is 32.2 Å². The molecule has 0 saturated carbocycles. The standard InChI is InChI=1S/C14H24N2O5/c1-2-4-16(12-9-21-8-11(12)13(18)19)14(20)15-5-3-10(6-15)7-17/h10-12,17H,2-9H2,1H3,(H,18,19). The number of carbonyl (C=O) groups is 2. The van der Waals surface area contributed by atoms with E-state index in [1.54, 1.807) is 9.80 Å². The van der Waals surface area contributed by atoms with Crippen molar-refractivity contribution in [3.63, 3.8) is 0 Å². The number of ether oxygens (including phenoxy) is 1. The minimum absolute atomic E-state index is 0.0852. The Hall–Kier alpha value is -1.34. The highest BCUT2D eigenvalue weighted by Gasteiger charge is 2.41. The number of carbonyl (C=O) groups excluding carboxylic acids is 1. The number of aliphatic hydroxyl groups excluding tert-OH is 1. The average molecular weight is 300 g/mol. The molecule has 2 saturated heterocycles. The molecule has 0 radical (unpaired) electrons. The third kappa shape index (κ3) is 3.47. The highest BCUT2D eigenvalue weighted by molar-refractivity contribution is 5.77. The number of likely N-dealkylation sites (tertiary alicyclic amines) is 1. The van der Waals surface area contributed by atoms with E-state index in [-0.39, 0.29) is 31.8 Å². The zero-order valence-corrected chi connectivity index (χ0v) is 12.4.